The zero-order valence-electron chi connectivity index (χ0n) is 6.98. The van der Waals surface area contributed by atoms with Crippen LogP contribution in [-0.2, 0) is 14.4 Å². The molecule has 13 heavy (non-hydrogen) atoms. The van der Waals surface area contributed by atoms with Gasteiger partial charge in [0.25, 0.3) is 0 Å². The summed E-state index contributed by atoms with van der Waals surface area (Å²) >= 11 is 0. The minimum atomic E-state index is -2.20. The molecule has 0 bridgehead atoms. The Bertz CT molecular complexity index is 229. The Morgan fingerprint density at radius 1 is 1.08 bits per heavy atom. The third kappa shape index (κ3) is 2.17. The second kappa shape index (κ2) is 3.88. The minimum Gasteiger partial charge on any atom is -0.481 e. The first-order chi connectivity index (χ1) is 5.86. The van der Waals surface area contributed by atoms with Crippen molar-refractivity contribution in [2.75, 3.05) is 0 Å². The van der Waals surface area contributed by atoms with Crippen molar-refractivity contribution in [2.24, 2.45) is 5.41 Å². The minimum absolute atomic E-state index is 0.260. The van der Waals surface area contributed by atoms with Crippen molar-refractivity contribution in [3.05, 3.63) is 0 Å². The predicted octanol–water partition coefficient (Wildman–Crippen LogP) is 0.0267. The highest BCUT2D eigenvalue weighted by atomic mass is 16.4. The van der Waals surface area contributed by atoms with E-state index in [0.29, 0.717) is 0 Å². The molecule has 74 valence electrons. The summed E-state index contributed by atoms with van der Waals surface area (Å²) in [5.41, 5.74) is -2.20. The van der Waals surface area contributed by atoms with Crippen LogP contribution in [0.5, 0.6) is 0 Å². The summed E-state index contributed by atoms with van der Waals surface area (Å²) in [5.74, 6) is -4.68. The summed E-state index contributed by atoms with van der Waals surface area (Å²) in [7, 11) is 0. The molecule has 0 aliphatic heterocycles. The van der Waals surface area contributed by atoms with Gasteiger partial charge < -0.3 is 15.3 Å². The van der Waals surface area contributed by atoms with Gasteiger partial charge in [0.2, 0.25) is 0 Å². The van der Waals surface area contributed by atoms with Crippen LogP contribution in [0.1, 0.15) is 19.8 Å². The molecule has 0 aliphatic carbocycles. The Labute approximate surface area is 73.8 Å². The predicted molar refractivity (Wildman–Crippen MR) is 40.2 cm³/mol. The summed E-state index contributed by atoms with van der Waals surface area (Å²) in [6.07, 6.45) is -1.17. The molecule has 0 rings (SSSR count). The molecule has 0 aromatic rings. The first kappa shape index (κ1) is 11.4. The van der Waals surface area contributed by atoms with Crippen LogP contribution in [-0.4, -0.2) is 33.2 Å². The fraction of sp³-hybridized carbons (Fsp3) is 0.571. The van der Waals surface area contributed by atoms with Crippen LogP contribution in [0, 0.1) is 5.41 Å². The van der Waals surface area contributed by atoms with Gasteiger partial charge in [0.15, 0.2) is 5.41 Å². The van der Waals surface area contributed by atoms with Crippen molar-refractivity contribution in [1.82, 2.24) is 0 Å². The number of rotatable bonds is 5. The number of aliphatic carboxylic acids is 3. The Morgan fingerprint density at radius 3 is 1.54 bits per heavy atom. The molecule has 6 nitrogen and oxygen atoms in total. The number of hydrogen-bond donors (Lipinski definition) is 3. The molecule has 0 saturated carbocycles. The molecule has 0 heterocycles. The van der Waals surface area contributed by atoms with E-state index in [1.54, 1.807) is 0 Å². The molecular formula is C7H10O6. The molecule has 0 amide bonds. The summed E-state index contributed by atoms with van der Waals surface area (Å²) in [5, 5.41) is 25.5. The zero-order chi connectivity index (χ0) is 10.6. The van der Waals surface area contributed by atoms with E-state index in [-0.39, 0.29) is 6.42 Å². The highest BCUT2D eigenvalue weighted by molar-refractivity contribution is 6.01. The fourth-order valence-electron chi connectivity index (χ4n) is 0.928. The monoisotopic (exact) mass is 190 g/mol. The molecule has 3 N–H and O–H groups in total. The molecule has 0 spiro atoms. The van der Waals surface area contributed by atoms with Crippen molar-refractivity contribution in [3.8, 4) is 0 Å². The maximum absolute atomic E-state index is 10.6. The summed E-state index contributed by atoms with van der Waals surface area (Å²) in [4.78, 5) is 31.4. The highest BCUT2D eigenvalue weighted by Gasteiger charge is 2.46. The number of carbonyl (C=O) groups is 3. The van der Waals surface area contributed by atoms with Crippen LogP contribution in [0.3, 0.4) is 0 Å². The van der Waals surface area contributed by atoms with E-state index < -0.39 is 29.7 Å². The lowest BCUT2D eigenvalue weighted by Crippen LogP contribution is -2.40. The molecule has 0 aromatic heterocycles. The van der Waals surface area contributed by atoms with Gasteiger partial charge in [-0.2, -0.15) is 0 Å². The Hall–Kier alpha value is -1.59. The lowest BCUT2D eigenvalue weighted by molar-refractivity contribution is -0.169. The fourth-order valence-corrected chi connectivity index (χ4v) is 0.928. The normalized spacial score (nSPS) is 10.8. The van der Waals surface area contributed by atoms with Gasteiger partial charge >= 0.3 is 17.9 Å². The van der Waals surface area contributed by atoms with Crippen LogP contribution >= 0.6 is 0 Å². The van der Waals surface area contributed by atoms with E-state index >= 15 is 0 Å². The molecule has 0 saturated heterocycles. The molecule has 0 radical (unpaired) electrons. The SMILES string of the molecule is CCC(CC(=O)O)(C(=O)O)C(=O)O. The van der Waals surface area contributed by atoms with Crippen LogP contribution in [0.25, 0.3) is 0 Å². The summed E-state index contributed by atoms with van der Waals surface area (Å²) in [6, 6.07) is 0. The van der Waals surface area contributed by atoms with Gasteiger partial charge in [0, 0.05) is 0 Å². The maximum atomic E-state index is 10.6. The quantitative estimate of drug-likeness (QED) is 0.527. The van der Waals surface area contributed by atoms with Gasteiger partial charge in [-0.05, 0) is 6.42 Å². The average Bonchev–Trinajstić information content (AvgIpc) is 1.98. The van der Waals surface area contributed by atoms with Crippen LogP contribution in [0.15, 0.2) is 0 Å². The van der Waals surface area contributed by atoms with E-state index in [1.807, 2.05) is 0 Å². The zero-order valence-corrected chi connectivity index (χ0v) is 6.98. The lowest BCUT2D eigenvalue weighted by Gasteiger charge is -2.20. The summed E-state index contributed by atoms with van der Waals surface area (Å²) < 4.78 is 0. The average molecular weight is 190 g/mol. The summed E-state index contributed by atoms with van der Waals surface area (Å²) in [6.45, 7) is 1.32. The first-order valence-corrected chi connectivity index (χ1v) is 3.55. The molecule has 0 aliphatic rings. The number of carboxylic acid groups (broad SMARTS) is 3. The first-order valence-electron chi connectivity index (χ1n) is 3.55. The van der Waals surface area contributed by atoms with Crippen molar-refractivity contribution in [3.63, 3.8) is 0 Å². The standard InChI is InChI=1S/C7H10O6/c1-2-7(5(10)11,6(12)13)3-4(8)9/h2-3H2,1H3,(H,8,9)(H,10,11)(H,12,13). The molecule has 6 heteroatoms. The smallest absolute Gasteiger partial charge is 0.321 e. The second-order valence-corrected chi connectivity index (χ2v) is 2.62. The van der Waals surface area contributed by atoms with Gasteiger partial charge in [-0.3, -0.25) is 14.4 Å². The van der Waals surface area contributed by atoms with E-state index in [2.05, 4.69) is 0 Å². The Morgan fingerprint density at radius 2 is 1.46 bits per heavy atom. The Balaban J connectivity index is 4.98. The van der Waals surface area contributed by atoms with Crippen molar-refractivity contribution >= 4 is 17.9 Å². The second-order valence-electron chi connectivity index (χ2n) is 2.62. The molecule has 0 fully saturated rings. The number of carboxylic acids is 3. The van der Waals surface area contributed by atoms with E-state index in [4.69, 9.17) is 15.3 Å². The molecular weight excluding hydrogens is 180 g/mol. The topological polar surface area (TPSA) is 112 Å². The van der Waals surface area contributed by atoms with Gasteiger partial charge in [-0.25, -0.2) is 0 Å². The molecule has 0 atom stereocenters. The van der Waals surface area contributed by atoms with Gasteiger partial charge in [0.1, 0.15) is 0 Å². The third-order valence-electron chi connectivity index (χ3n) is 1.88. The van der Waals surface area contributed by atoms with Crippen molar-refractivity contribution in [2.45, 2.75) is 19.8 Å². The van der Waals surface area contributed by atoms with Crippen LogP contribution in [0.2, 0.25) is 0 Å². The van der Waals surface area contributed by atoms with E-state index in [0.717, 1.165) is 0 Å². The van der Waals surface area contributed by atoms with E-state index in [9.17, 15) is 14.4 Å². The Kier molecular flexibility index (Phi) is 3.41. The lowest BCUT2D eigenvalue weighted by atomic mass is 9.82. The van der Waals surface area contributed by atoms with Crippen molar-refractivity contribution < 1.29 is 29.7 Å². The van der Waals surface area contributed by atoms with E-state index in [1.165, 1.54) is 6.92 Å². The molecule has 0 unspecified atom stereocenters. The largest absolute Gasteiger partial charge is 0.481 e. The number of hydrogen-bond acceptors (Lipinski definition) is 3. The van der Waals surface area contributed by atoms with Crippen LogP contribution < -0.4 is 0 Å². The highest BCUT2D eigenvalue weighted by Crippen LogP contribution is 2.27. The van der Waals surface area contributed by atoms with Crippen molar-refractivity contribution in [1.29, 1.82) is 0 Å². The third-order valence-corrected chi connectivity index (χ3v) is 1.88. The molecule has 0 aromatic carbocycles. The maximum Gasteiger partial charge on any atom is 0.321 e. The van der Waals surface area contributed by atoms with Gasteiger partial charge in [-0.1, -0.05) is 6.92 Å². The van der Waals surface area contributed by atoms with Gasteiger partial charge in [-0.15, -0.1) is 0 Å². The van der Waals surface area contributed by atoms with Gasteiger partial charge in [0.05, 0.1) is 6.42 Å². The van der Waals surface area contributed by atoms with Crippen LogP contribution in [0.4, 0.5) is 0 Å².